The molecular weight excluding hydrogens is 228 g/mol. The standard InChI is InChI=1S/C14H18N2O2/c1-3-10-8-16(5-4-15)13-6-9(2)11(14(17)18)7-12(10)13/h6-8H,3-5,15H2,1-2H3,(H,17,18). The van der Waals surface area contributed by atoms with Gasteiger partial charge in [-0.05, 0) is 36.6 Å². The molecule has 1 aromatic carbocycles. The highest BCUT2D eigenvalue weighted by Crippen LogP contribution is 2.25. The van der Waals surface area contributed by atoms with Crippen LogP contribution in [0.25, 0.3) is 10.9 Å². The van der Waals surface area contributed by atoms with Crippen molar-refractivity contribution in [2.45, 2.75) is 26.8 Å². The summed E-state index contributed by atoms with van der Waals surface area (Å²) >= 11 is 0. The normalized spacial score (nSPS) is 11.1. The van der Waals surface area contributed by atoms with E-state index in [0.717, 1.165) is 29.4 Å². The minimum Gasteiger partial charge on any atom is -0.478 e. The fourth-order valence-corrected chi connectivity index (χ4v) is 2.35. The predicted octanol–water partition coefficient (Wildman–Crippen LogP) is 2.17. The Hall–Kier alpha value is -1.81. The zero-order valence-corrected chi connectivity index (χ0v) is 10.7. The van der Waals surface area contributed by atoms with Gasteiger partial charge in [-0.15, -0.1) is 0 Å². The minimum absolute atomic E-state index is 0.377. The summed E-state index contributed by atoms with van der Waals surface area (Å²) in [6.07, 6.45) is 2.96. The largest absolute Gasteiger partial charge is 0.478 e. The lowest BCUT2D eigenvalue weighted by Crippen LogP contribution is -2.09. The van der Waals surface area contributed by atoms with Crippen molar-refractivity contribution >= 4 is 16.9 Å². The number of rotatable bonds is 4. The third kappa shape index (κ3) is 1.99. The first-order valence-electron chi connectivity index (χ1n) is 6.14. The van der Waals surface area contributed by atoms with E-state index in [0.29, 0.717) is 12.1 Å². The maximum absolute atomic E-state index is 11.2. The van der Waals surface area contributed by atoms with Crippen LogP contribution in [0.15, 0.2) is 18.3 Å². The second kappa shape index (κ2) is 4.82. The summed E-state index contributed by atoms with van der Waals surface area (Å²) in [5.74, 6) is -0.872. The lowest BCUT2D eigenvalue weighted by Gasteiger charge is -2.06. The Labute approximate surface area is 106 Å². The quantitative estimate of drug-likeness (QED) is 0.868. The van der Waals surface area contributed by atoms with Crippen LogP contribution in [0.2, 0.25) is 0 Å². The molecule has 4 heteroatoms. The molecule has 2 rings (SSSR count). The van der Waals surface area contributed by atoms with E-state index in [1.807, 2.05) is 13.0 Å². The Morgan fingerprint density at radius 3 is 2.72 bits per heavy atom. The Balaban J connectivity index is 2.72. The van der Waals surface area contributed by atoms with E-state index in [-0.39, 0.29) is 0 Å². The average Bonchev–Trinajstić information content (AvgIpc) is 2.66. The van der Waals surface area contributed by atoms with Gasteiger partial charge in [0, 0.05) is 30.2 Å². The van der Waals surface area contributed by atoms with Crippen molar-refractivity contribution in [3.8, 4) is 0 Å². The highest BCUT2D eigenvalue weighted by molar-refractivity contribution is 5.96. The first kappa shape index (κ1) is 12.6. The first-order chi connectivity index (χ1) is 8.58. The molecule has 0 atom stereocenters. The Bertz CT molecular complexity index is 599. The van der Waals surface area contributed by atoms with Gasteiger partial charge < -0.3 is 15.4 Å². The van der Waals surface area contributed by atoms with E-state index < -0.39 is 5.97 Å². The number of carboxylic acid groups (broad SMARTS) is 1. The van der Waals surface area contributed by atoms with Crippen LogP contribution in [0.4, 0.5) is 0 Å². The van der Waals surface area contributed by atoms with Crippen molar-refractivity contribution in [1.29, 1.82) is 0 Å². The molecule has 4 nitrogen and oxygen atoms in total. The molecule has 0 radical (unpaired) electrons. The summed E-state index contributed by atoms with van der Waals surface area (Å²) in [7, 11) is 0. The number of aromatic nitrogens is 1. The molecule has 0 amide bonds. The van der Waals surface area contributed by atoms with Crippen LogP contribution < -0.4 is 5.73 Å². The highest BCUT2D eigenvalue weighted by atomic mass is 16.4. The molecule has 1 aromatic heterocycles. The first-order valence-corrected chi connectivity index (χ1v) is 6.14. The van der Waals surface area contributed by atoms with E-state index >= 15 is 0 Å². The number of carboxylic acids is 1. The van der Waals surface area contributed by atoms with Gasteiger partial charge in [0.15, 0.2) is 0 Å². The lowest BCUT2D eigenvalue weighted by atomic mass is 10.0. The molecule has 0 fully saturated rings. The molecule has 0 aliphatic rings. The SMILES string of the molecule is CCc1cn(CCN)c2cc(C)c(C(=O)O)cc12. The number of hydrogen-bond acceptors (Lipinski definition) is 2. The summed E-state index contributed by atoms with van der Waals surface area (Å²) in [5, 5.41) is 10.2. The molecule has 0 saturated carbocycles. The van der Waals surface area contributed by atoms with Gasteiger partial charge in [-0.2, -0.15) is 0 Å². The summed E-state index contributed by atoms with van der Waals surface area (Å²) in [5.41, 5.74) is 9.00. The van der Waals surface area contributed by atoms with Crippen LogP contribution in [-0.4, -0.2) is 22.2 Å². The molecule has 96 valence electrons. The van der Waals surface area contributed by atoms with Gasteiger partial charge in [0.05, 0.1) is 5.56 Å². The number of carbonyl (C=O) groups is 1. The molecule has 0 aliphatic carbocycles. The molecule has 0 bridgehead atoms. The fourth-order valence-electron chi connectivity index (χ4n) is 2.35. The number of aromatic carboxylic acids is 1. The van der Waals surface area contributed by atoms with Crippen LogP contribution in [0.5, 0.6) is 0 Å². The Morgan fingerprint density at radius 1 is 1.44 bits per heavy atom. The van der Waals surface area contributed by atoms with Crippen molar-refractivity contribution in [3.63, 3.8) is 0 Å². The number of aryl methyl sites for hydroxylation is 2. The third-order valence-corrected chi connectivity index (χ3v) is 3.29. The fraction of sp³-hybridized carbons (Fsp3) is 0.357. The molecule has 0 aliphatic heterocycles. The molecule has 2 aromatic rings. The summed E-state index contributed by atoms with van der Waals surface area (Å²) < 4.78 is 2.10. The van der Waals surface area contributed by atoms with Crippen LogP contribution in [0.3, 0.4) is 0 Å². The second-order valence-electron chi connectivity index (χ2n) is 4.48. The van der Waals surface area contributed by atoms with Crippen LogP contribution in [0.1, 0.15) is 28.4 Å². The van der Waals surface area contributed by atoms with Crippen molar-refractivity contribution in [1.82, 2.24) is 4.57 Å². The summed E-state index contributed by atoms with van der Waals surface area (Å²) in [6.45, 7) is 5.23. The molecule has 0 unspecified atom stereocenters. The highest BCUT2D eigenvalue weighted by Gasteiger charge is 2.13. The molecule has 18 heavy (non-hydrogen) atoms. The maximum Gasteiger partial charge on any atom is 0.335 e. The molecule has 0 spiro atoms. The van der Waals surface area contributed by atoms with Gasteiger partial charge >= 0.3 is 5.97 Å². The van der Waals surface area contributed by atoms with Gasteiger partial charge in [0.2, 0.25) is 0 Å². The van der Waals surface area contributed by atoms with Crippen molar-refractivity contribution in [3.05, 3.63) is 35.0 Å². The van der Waals surface area contributed by atoms with Crippen molar-refractivity contribution in [2.75, 3.05) is 6.54 Å². The zero-order valence-electron chi connectivity index (χ0n) is 10.7. The number of hydrogen-bond donors (Lipinski definition) is 2. The number of fused-ring (bicyclic) bond motifs is 1. The lowest BCUT2D eigenvalue weighted by molar-refractivity contribution is 0.0696. The second-order valence-corrected chi connectivity index (χ2v) is 4.48. The third-order valence-electron chi connectivity index (χ3n) is 3.29. The zero-order chi connectivity index (χ0) is 13.3. The van der Waals surface area contributed by atoms with Crippen LogP contribution in [-0.2, 0) is 13.0 Å². The number of nitrogens with zero attached hydrogens (tertiary/aromatic N) is 1. The maximum atomic E-state index is 11.2. The number of benzene rings is 1. The van der Waals surface area contributed by atoms with E-state index in [1.54, 1.807) is 6.07 Å². The van der Waals surface area contributed by atoms with Gasteiger partial charge in [-0.25, -0.2) is 4.79 Å². The van der Waals surface area contributed by atoms with Crippen LogP contribution >= 0.6 is 0 Å². The average molecular weight is 246 g/mol. The van der Waals surface area contributed by atoms with E-state index in [2.05, 4.69) is 17.7 Å². The van der Waals surface area contributed by atoms with Crippen molar-refractivity contribution in [2.24, 2.45) is 5.73 Å². The van der Waals surface area contributed by atoms with Gasteiger partial charge in [-0.1, -0.05) is 6.92 Å². The minimum atomic E-state index is -0.872. The van der Waals surface area contributed by atoms with E-state index in [9.17, 15) is 9.90 Å². The van der Waals surface area contributed by atoms with Crippen molar-refractivity contribution < 1.29 is 9.90 Å². The Morgan fingerprint density at radius 2 is 2.17 bits per heavy atom. The predicted molar refractivity (Wildman–Crippen MR) is 72.1 cm³/mol. The molecular formula is C14H18N2O2. The topological polar surface area (TPSA) is 68.2 Å². The molecule has 3 N–H and O–H groups in total. The van der Waals surface area contributed by atoms with E-state index in [1.165, 1.54) is 5.56 Å². The monoisotopic (exact) mass is 246 g/mol. The summed E-state index contributed by atoms with van der Waals surface area (Å²) in [4.78, 5) is 11.2. The number of nitrogens with two attached hydrogens (primary N) is 1. The van der Waals surface area contributed by atoms with Gasteiger partial charge in [0.25, 0.3) is 0 Å². The van der Waals surface area contributed by atoms with Crippen LogP contribution in [0, 0.1) is 6.92 Å². The van der Waals surface area contributed by atoms with Gasteiger partial charge in [0.1, 0.15) is 0 Å². The Kier molecular flexibility index (Phi) is 3.39. The van der Waals surface area contributed by atoms with Gasteiger partial charge in [-0.3, -0.25) is 0 Å². The van der Waals surface area contributed by atoms with E-state index in [4.69, 9.17) is 5.73 Å². The molecule has 0 saturated heterocycles. The summed E-state index contributed by atoms with van der Waals surface area (Å²) in [6, 6.07) is 3.71. The molecule has 1 heterocycles. The smallest absolute Gasteiger partial charge is 0.335 e.